The van der Waals surface area contributed by atoms with E-state index in [1.807, 2.05) is 13.0 Å². The van der Waals surface area contributed by atoms with E-state index < -0.39 is 47.0 Å². The van der Waals surface area contributed by atoms with Crippen LogP contribution in [-0.2, 0) is 19.0 Å². The van der Waals surface area contributed by atoms with Gasteiger partial charge in [0.05, 0.1) is 12.5 Å². The lowest BCUT2D eigenvalue weighted by atomic mass is 9.74. The number of allylic oxidation sites excluding steroid dienone is 1. The molecule has 0 amide bonds. The van der Waals surface area contributed by atoms with E-state index in [0.717, 1.165) is 6.42 Å². The van der Waals surface area contributed by atoms with Gasteiger partial charge in [-0.15, -0.1) is 22.7 Å². The Morgan fingerprint density at radius 3 is 2.26 bits per heavy atom. The molecule has 2 saturated carbocycles. The number of hydrogen-bond acceptors (Lipinski definition) is 9. The topological polar surface area (TPSA) is 102 Å². The molecule has 8 atom stereocenters. The number of aliphatic hydroxyl groups is 1. The Balaban J connectivity index is 1.45. The third kappa shape index (κ3) is 4.42. The van der Waals surface area contributed by atoms with Crippen molar-refractivity contribution in [2.75, 3.05) is 6.61 Å². The highest BCUT2D eigenvalue weighted by Crippen LogP contribution is 2.63. The lowest BCUT2D eigenvalue weighted by Crippen LogP contribution is -2.56. The third-order valence-electron chi connectivity index (χ3n) is 9.58. The maximum absolute atomic E-state index is 14.1. The molecule has 3 fully saturated rings. The number of carbonyl (C=O) groups excluding carboxylic acids is 3. The molecule has 6 rings (SSSR count). The summed E-state index contributed by atoms with van der Waals surface area (Å²) in [6.07, 6.45) is 1.73. The van der Waals surface area contributed by atoms with Gasteiger partial charge in [-0.25, -0.2) is 9.59 Å². The van der Waals surface area contributed by atoms with Crippen LogP contribution in [0.4, 0.5) is 0 Å². The van der Waals surface area contributed by atoms with E-state index >= 15 is 0 Å². The van der Waals surface area contributed by atoms with Crippen molar-refractivity contribution in [3.05, 3.63) is 56.4 Å². The fraction of sp³-hybridized carbons (Fsp3) is 0.567. The first-order valence-corrected chi connectivity index (χ1v) is 15.3. The van der Waals surface area contributed by atoms with Crippen molar-refractivity contribution in [2.24, 2.45) is 29.1 Å². The summed E-state index contributed by atoms with van der Waals surface area (Å²) in [5, 5.41) is 15.9. The molecule has 9 heteroatoms. The first-order chi connectivity index (χ1) is 18.5. The van der Waals surface area contributed by atoms with Gasteiger partial charge < -0.3 is 19.3 Å². The van der Waals surface area contributed by atoms with Gasteiger partial charge in [-0.05, 0) is 77.8 Å². The smallest absolute Gasteiger partial charge is 0.348 e. The van der Waals surface area contributed by atoms with E-state index in [4.69, 9.17) is 14.2 Å². The Morgan fingerprint density at radius 2 is 1.69 bits per heavy atom. The van der Waals surface area contributed by atoms with Crippen LogP contribution in [0.15, 0.2) is 46.7 Å². The molecule has 3 aliphatic carbocycles. The van der Waals surface area contributed by atoms with Crippen LogP contribution in [0.3, 0.4) is 0 Å². The summed E-state index contributed by atoms with van der Waals surface area (Å²) >= 11 is 2.53. The minimum atomic E-state index is -1.89. The van der Waals surface area contributed by atoms with Crippen molar-refractivity contribution >= 4 is 40.4 Å². The minimum absolute atomic E-state index is 0.0315. The number of rotatable bonds is 4. The predicted molar refractivity (Wildman–Crippen MR) is 147 cm³/mol. The summed E-state index contributed by atoms with van der Waals surface area (Å²) in [7, 11) is 0. The van der Waals surface area contributed by atoms with Crippen molar-refractivity contribution in [1.82, 2.24) is 0 Å². The largest absolute Gasteiger partial charge is 0.457 e. The van der Waals surface area contributed by atoms with Crippen LogP contribution in [-0.4, -0.2) is 52.8 Å². The third-order valence-corrected chi connectivity index (χ3v) is 11.3. The summed E-state index contributed by atoms with van der Waals surface area (Å²) < 4.78 is 18.4. The molecule has 2 aromatic rings. The maximum Gasteiger partial charge on any atom is 0.348 e. The van der Waals surface area contributed by atoms with Gasteiger partial charge in [0, 0.05) is 0 Å². The molecule has 1 N–H and O–H groups in total. The van der Waals surface area contributed by atoms with Gasteiger partial charge in [0.25, 0.3) is 0 Å². The van der Waals surface area contributed by atoms with E-state index in [1.54, 1.807) is 41.9 Å². The van der Waals surface area contributed by atoms with Crippen LogP contribution in [0.2, 0.25) is 0 Å². The zero-order chi connectivity index (χ0) is 27.7. The molecule has 4 aliphatic rings. The molecular weight excluding hydrogens is 536 g/mol. The molecule has 1 spiro atoms. The van der Waals surface area contributed by atoms with Gasteiger partial charge in [-0.3, -0.25) is 4.79 Å². The molecule has 208 valence electrons. The molecule has 1 saturated heterocycles. The molecule has 0 radical (unpaired) electrons. The van der Waals surface area contributed by atoms with Crippen LogP contribution < -0.4 is 0 Å². The minimum Gasteiger partial charge on any atom is -0.457 e. The average Bonchev–Trinajstić information content (AvgIpc) is 3.42. The highest BCUT2D eigenvalue weighted by atomic mass is 32.1. The van der Waals surface area contributed by atoms with Crippen LogP contribution in [0.1, 0.15) is 66.3 Å². The Kier molecular flexibility index (Phi) is 6.45. The van der Waals surface area contributed by atoms with Crippen LogP contribution in [0.25, 0.3) is 0 Å². The van der Waals surface area contributed by atoms with E-state index in [2.05, 4.69) is 13.8 Å². The molecule has 0 bridgehead atoms. The summed E-state index contributed by atoms with van der Waals surface area (Å²) in [5.41, 5.74) is -2.22. The quantitative estimate of drug-likeness (QED) is 0.393. The predicted octanol–water partition coefficient (Wildman–Crippen LogP) is 5.30. The normalized spacial score (nSPS) is 40.0. The molecule has 0 aromatic carbocycles. The van der Waals surface area contributed by atoms with Gasteiger partial charge in [0.2, 0.25) is 0 Å². The number of epoxide rings is 1. The number of hydrogen-bond donors (Lipinski definition) is 1. The second-order valence-corrected chi connectivity index (χ2v) is 14.2. The van der Waals surface area contributed by atoms with Gasteiger partial charge in [0.15, 0.2) is 5.78 Å². The van der Waals surface area contributed by atoms with Crippen LogP contribution in [0, 0.1) is 29.1 Å². The van der Waals surface area contributed by atoms with Crippen molar-refractivity contribution in [3.63, 3.8) is 0 Å². The van der Waals surface area contributed by atoms with E-state index in [9.17, 15) is 19.5 Å². The summed E-state index contributed by atoms with van der Waals surface area (Å²) in [6.45, 7) is 8.37. The standard InChI is InChI=1S/C30H34O7S2/c1-16-13-19-18(28(19,3)4)9-10-29(15-35-29)25(37-27(33)21-8-6-12-39-21)22-23(17(2)14-30(22,34)24(16)31)36-26(32)20-7-5-11-38-20/h5-8,11-13,17-19,22-23,25,34H,9-10,14-15H2,1-4H3/b16-13+/t17-,18-,19+,22+,23-,25+,29-,30+/m0/s1. The van der Waals surface area contributed by atoms with E-state index in [1.165, 1.54) is 22.7 Å². The number of ether oxygens (including phenoxy) is 3. The maximum atomic E-state index is 14.1. The van der Waals surface area contributed by atoms with E-state index in [0.29, 0.717) is 34.3 Å². The molecule has 39 heavy (non-hydrogen) atoms. The summed E-state index contributed by atoms with van der Waals surface area (Å²) in [5.74, 6) is -2.21. The molecular formula is C30H34O7S2. The highest BCUT2D eigenvalue weighted by Gasteiger charge is 2.69. The van der Waals surface area contributed by atoms with Crippen molar-refractivity contribution in [2.45, 2.75) is 70.4 Å². The first-order valence-electron chi connectivity index (χ1n) is 13.6. The molecule has 3 heterocycles. The Labute approximate surface area is 236 Å². The summed E-state index contributed by atoms with van der Waals surface area (Å²) in [6, 6.07) is 6.91. The summed E-state index contributed by atoms with van der Waals surface area (Å²) in [4.78, 5) is 41.5. The van der Waals surface area contributed by atoms with Gasteiger partial charge in [-0.2, -0.15) is 0 Å². The SMILES string of the molecule is C/C1=C\[C@@H]2[C@H](CC[C@]3(CO3)[C@H](OC(=O)c3cccs3)[C@H]3[C@@H](OC(=O)c4cccs4)[C@@H](C)C[C@]3(O)C1=O)C2(C)C. The second kappa shape index (κ2) is 9.36. The van der Waals surface area contributed by atoms with Crippen LogP contribution >= 0.6 is 22.7 Å². The number of thiophene rings is 2. The zero-order valence-electron chi connectivity index (χ0n) is 22.5. The van der Waals surface area contributed by atoms with Gasteiger partial charge >= 0.3 is 11.9 Å². The number of esters is 2. The Hall–Kier alpha value is -2.33. The average molecular weight is 571 g/mol. The van der Waals surface area contributed by atoms with Crippen molar-refractivity contribution in [1.29, 1.82) is 0 Å². The fourth-order valence-corrected chi connectivity index (χ4v) is 8.39. The van der Waals surface area contributed by atoms with Gasteiger partial charge in [-0.1, -0.05) is 39.0 Å². The Bertz CT molecular complexity index is 1310. The van der Waals surface area contributed by atoms with E-state index in [-0.39, 0.29) is 23.7 Å². The molecule has 1 aliphatic heterocycles. The number of Topliss-reactive ketones (excluding diaryl/α,β-unsaturated/α-hetero) is 1. The molecule has 0 unspecified atom stereocenters. The zero-order valence-corrected chi connectivity index (χ0v) is 24.2. The first kappa shape index (κ1) is 26.9. The molecule has 7 nitrogen and oxygen atoms in total. The lowest BCUT2D eigenvalue weighted by Gasteiger charge is -2.39. The highest BCUT2D eigenvalue weighted by molar-refractivity contribution is 7.12. The number of ketones is 1. The number of carbonyl (C=O) groups is 3. The fourth-order valence-electron chi connectivity index (χ4n) is 7.18. The Morgan fingerprint density at radius 1 is 1.08 bits per heavy atom. The van der Waals surface area contributed by atoms with Crippen LogP contribution in [0.5, 0.6) is 0 Å². The van der Waals surface area contributed by atoms with Gasteiger partial charge in [0.1, 0.15) is 33.2 Å². The molecule has 2 aromatic heterocycles. The number of fused-ring (bicyclic) bond motifs is 2. The van der Waals surface area contributed by atoms with Crippen molar-refractivity contribution in [3.8, 4) is 0 Å². The van der Waals surface area contributed by atoms with Crippen molar-refractivity contribution < 1.29 is 33.7 Å². The second-order valence-electron chi connectivity index (χ2n) is 12.3. The lowest BCUT2D eigenvalue weighted by molar-refractivity contribution is -0.151. The monoisotopic (exact) mass is 570 g/mol.